The first-order chi connectivity index (χ1) is 35.6. The Morgan fingerprint density at radius 1 is 0.466 bits per heavy atom. The van der Waals surface area contributed by atoms with E-state index in [1.807, 2.05) is 0 Å². The van der Waals surface area contributed by atoms with Crippen LogP contribution < -0.4 is 0 Å². The van der Waals surface area contributed by atoms with Gasteiger partial charge < -0.3 is 39.0 Å². The second-order valence-corrected chi connectivity index (χ2v) is 18.8. The van der Waals surface area contributed by atoms with E-state index >= 15 is 0 Å². The molecular weight excluding hydrogens is 925 g/mol. The molecule has 0 aliphatic carbocycles. The van der Waals surface area contributed by atoms with Crippen molar-refractivity contribution in [1.82, 2.24) is 0 Å². The number of unbranched alkanes of at least 4 members (excludes halogenated alkanes) is 16. The van der Waals surface area contributed by atoms with Crippen molar-refractivity contribution in [2.75, 3.05) is 13.2 Å². The predicted octanol–water partition coefficient (Wildman–Crippen LogP) is 14.1. The van der Waals surface area contributed by atoms with Crippen LogP contribution in [-0.2, 0) is 42.9 Å². The Hall–Kier alpha value is -4.36. The zero-order valence-electron chi connectivity index (χ0n) is 45.3. The maximum atomic E-state index is 13.1. The third-order valence-corrected chi connectivity index (χ3v) is 12.1. The lowest BCUT2D eigenvalue weighted by molar-refractivity contribution is -0.301. The Balaban J connectivity index is 2.72. The summed E-state index contributed by atoms with van der Waals surface area (Å²) in [5.41, 5.74) is 0. The number of aliphatic hydroxyl groups excluding tert-OH is 2. The number of esters is 3. The molecule has 73 heavy (non-hydrogen) atoms. The minimum absolute atomic E-state index is 0.0399. The summed E-state index contributed by atoms with van der Waals surface area (Å²) in [4.78, 5) is 51.0. The first kappa shape index (κ1) is 66.7. The van der Waals surface area contributed by atoms with Crippen molar-refractivity contribution in [2.24, 2.45) is 0 Å². The van der Waals surface area contributed by atoms with Crippen LogP contribution in [0.3, 0.4) is 0 Å². The van der Waals surface area contributed by atoms with Crippen LogP contribution >= 0.6 is 0 Å². The van der Waals surface area contributed by atoms with E-state index in [0.717, 1.165) is 141 Å². The van der Waals surface area contributed by atoms with Gasteiger partial charge in [-0.15, -0.1) is 0 Å². The third kappa shape index (κ3) is 38.8. The van der Waals surface area contributed by atoms with Gasteiger partial charge in [-0.25, -0.2) is 4.79 Å². The number of hydrogen-bond donors (Lipinski definition) is 3. The smallest absolute Gasteiger partial charge is 0.335 e. The number of hydrogen-bond acceptors (Lipinski definition) is 11. The van der Waals surface area contributed by atoms with E-state index in [1.54, 1.807) is 0 Å². The monoisotopic (exact) mass is 1020 g/mol. The van der Waals surface area contributed by atoms with Gasteiger partial charge in [0.05, 0.1) is 6.61 Å². The molecule has 0 aromatic carbocycles. The molecule has 6 unspecified atom stereocenters. The van der Waals surface area contributed by atoms with Gasteiger partial charge in [0.1, 0.15) is 18.8 Å². The number of carboxylic acid groups (broad SMARTS) is 1. The van der Waals surface area contributed by atoms with Crippen LogP contribution in [0.4, 0.5) is 0 Å². The third-order valence-electron chi connectivity index (χ3n) is 12.1. The SMILES string of the molecule is CC/C=C\C/C=C\C/C=C\C/C=C\CCCCC(=O)OCC(COC1OC(C(=O)O)C(O)C(O)C1OC(=O)CCCCCCCCC/C=C\C/C=C\C/C=C\CC)OC(=O)CCCCCCC/C=C\CCCC. The Kier molecular flexibility index (Phi) is 44.4. The maximum absolute atomic E-state index is 13.1. The van der Waals surface area contributed by atoms with E-state index in [1.165, 1.54) is 12.8 Å². The van der Waals surface area contributed by atoms with Crippen LogP contribution in [0, 0.1) is 0 Å². The summed E-state index contributed by atoms with van der Waals surface area (Å²) < 4.78 is 28.3. The summed E-state index contributed by atoms with van der Waals surface area (Å²) in [6, 6.07) is 0. The molecule has 3 N–H and O–H groups in total. The fourth-order valence-electron chi connectivity index (χ4n) is 7.82. The van der Waals surface area contributed by atoms with Crippen LogP contribution in [0.15, 0.2) is 97.2 Å². The molecule has 0 spiro atoms. The Labute approximate surface area is 441 Å². The topological polar surface area (TPSA) is 175 Å². The van der Waals surface area contributed by atoms with Crippen LogP contribution in [0.5, 0.6) is 0 Å². The highest BCUT2D eigenvalue weighted by atomic mass is 16.7. The van der Waals surface area contributed by atoms with Gasteiger partial charge in [-0.1, -0.05) is 182 Å². The molecule has 414 valence electrons. The Morgan fingerprint density at radius 2 is 0.863 bits per heavy atom. The number of rotatable bonds is 46. The van der Waals surface area contributed by atoms with E-state index < -0.39 is 67.3 Å². The van der Waals surface area contributed by atoms with Crippen LogP contribution in [0.25, 0.3) is 0 Å². The zero-order chi connectivity index (χ0) is 53.3. The second kappa shape index (κ2) is 48.6. The molecule has 12 heteroatoms. The molecule has 1 heterocycles. The lowest BCUT2D eigenvalue weighted by Crippen LogP contribution is -2.61. The molecule has 1 aliphatic rings. The Morgan fingerprint density at radius 3 is 1.36 bits per heavy atom. The first-order valence-electron chi connectivity index (χ1n) is 28.2. The summed E-state index contributed by atoms with van der Waals surface area (Å²) in [7, 11) is 0. The molecule has 6 atom stereocenters. The second-order valence-electron chi connectivity index (χ2n) is 18.8. The number of aliphatic hydroxyl groups is 2. The molecule has 1 saturated heterocycles. The molecule has 0 bridgehead atoms. The van der Waals surface area contributed by atoms with Crippen molar-refractivity contribution >= 4 is 23.9 Å². The highest BCUT2D eigenvalue weighted by Crippen LogP contribution is 2.26. The highest BCUT2D eigenvalue weighted by molar-refractivity contribution is 5.74. The number of aliphatic carboxylic acids is 1. The highest BCUT2D eigenvalue weighted by Gasteiger charge is 2.50. The van der Waals surface area contributed by atoms with E-state index in [9.17, 15) is 34.5 Å². The lowest BCUT2D eigenvalue weighted by Gasteiger charge is -2.40. The summed E-state index contributed by atoms with van der Waals surface area (Å²) >= 11 is 0. The normalized spacial score (nSPS) is 19.1. The lowest BCUT2D eigenvalue weighted by atomic mass is 9.98. The number of carboxylic acids is 1. The zero-order valence-corrected chi connectivity index (χ0v) is 45.3. The van der Waals surface area contributed by atoms with E-state index in [2.05, 4.69) is 118 Å². The molecule has 0 aromatic heterocycles. The molecule has 0 radical (unpaired) electrons. The fourth-order valence-corrected chi connectivity index (χ4v) is 7.82. The van der Waals surface area contributed by atoms with E-state index in [0.29, 0.717) is 19.3 Å². The van der Waals surface area contributed by atoms with Gasteiger partial charge in [0.2, 0.25) is 0 Å². The van der Waals surface area contributed by atoms with Crippen molar-refractivity contribution in [3.8, 4) is 0 Å². The predicted molar refractivity (Wildman–Crippen MR) is 294 cm³/mol. The fraction of sp³-hybridized carbons (Fsp3) is 0.672. The summed E-state index contributed by atoms with van der Waals surface area (Å²) in [5.74, 6) is -3.21. The van der Waals surface area contributed by atoms with Crippen molar-refractivity contribution in [3.63, 3.8) is 0 Å². The van der Waals surface area contributed by atoms with Crippen LogP contribution in [0.2, 0.25) is 0 Å². The van der Waals surface area contributed by atoms with Crippen molar-refractivity contribution in [1.29, 1.82) is 0 Å². The van der Waals surface area contributed by atoms with Gasteiger partial charge in [-0.2, -0.15) is 0 Å². The standard InChI is InChI=1S/C61H98O12/c1-4-7-10-13-16-19-22-24-26-27-29-31-34-37-40-43-46-49-55(64)72-59-57(66)56(65)58(60(67)68)73-61(59)70-51-52(71-54(63)48-45-42-39-36-32-21-18-15-12-9-6-3)50-69-53(62)47-44-41-38-35-33-30-28-25-23-20-17-14-11-8-5-2/h7-8,10-11,15-20,24-26,28,33,35,52,56-59,61,65-66H,4-6,9,12-14,21-23,27,29-32,34,36-51H2,1-3H3,(H,67,68)/b10-7-,11-8-,18-15-,19-16-,20-17-,26-24-,28-25-,35-33-. The molecule has 0 aromatic rings. The summed E-state index contributed by atoms with van der Waals surface area (Å²) in [6.45, 7) is 5.66. The quantitative estimate of drug-likeness (QED) is 0.0228. The van der Waals surface area contributed by atoms with E-state index in [4.69, 9.17) is 23.7 Å². The maximum Gasteiger partial charge on any atom is 0.335 e. The number of ether oxygens (including phenoxy) is 5. The Bertz CT molecular complexity index is 1640. The molecule has 12 nitrogen and oxygen atoms in total. The first-order valence-corrected chi connectivity index (χ1v) is 28.2. The summed E-state index contributed by atoms with van der Waals surface area (Å²) in [5, 5.41) is 31.4. The average Bonchev–Trinajstić information content (AvgIpc) is 3.37. The molecule has 0 amide bonds. The minimum atomic E-state index is -1.92. The van der Waals surface area contributed by atoms with E-state index in [-0.39, 0.29) is 25.9 Å². The number of carbonyl (C=O) groups excluding carboxylic acids is 3. The van der Waals surface area contributed by atoms with Crippen LogP contribution in [-0.4, -0.2) is 89.2 Å². The van der Waals surface area contributed by atoms with Gasteiger partial charge in [0.15, 0.2) is 24.6 Å². The van der Waals surface area contributed by atoms with Gasteiger partial charge in [0.25, 0.3) is 0 Å². The van der Waals surface area contributed by atoms with Crippen molar-refractivity contribution in [3.05, 3.63) is 97.2 Å². The average molecular weight is 1020 g/mol. The minimum Gasteiger partial charge on any atom is -0.479 e. The molecule has 1 rings (SSSR count). The van der Waals surface area contributed by atoms with Gasteiger partial charge in [0, 0.05) is 19.3 Å². The van der Waals surface area contributed by atoms with Crippen molar-refractivity contribution in [2.45, 2.75) is 250 Å². The number of allylic oxidation sites excluding steroid dienone is 16. The molecular formula is C61H98O12. The molecule has 1 fully saturated rings. The van der Waals surface area contributed by atoms with Crippen molar-refractivity contribution < 1.29 is 58.2 Å². The van der Waals surface area contributed by atoms with Gasteiger partial charge in [-0.05, 0) is 109 Å². The van der Waals surface area contributed by atoms with Gasteiger partial charge in [-0.3, -0.25) is 14.4 Å². The largest absolute Gasteiger partial charge is 0.479 e. The summed E-state index contributed by atoms with van der Waals surface area (Å²) in [6.07, 6.45) is 51.0. The molecule has 1 aliphatic heterocycles. The molecule has 0 saturated carbocycles. The number of carbonyl (C=O) groups is 4. The van der Waals surface area contributed by atoms with Gasteiger partial charge >= 0.3 is 23.9 Å². The van der Waals surface area contributed by atoms with Crippen LogP contribution in [0.1, 0.15) is 213 Å².